The minimum atomic E-state index is -1.05. The van der Waals surface area contributed by atoms with Crippen molar-refractivity contribution in [2.75, 3.05) is 0 Å². The predicted molar refractivity (Wildman–Crippen MR) is 96.7 cm³/mol. The lowest BCUT2D eigenvalue weighted by Gasteiger charge is -2.21. The van der Waals surface area contributed by atoms with Gasteiger partial charge in [-0.25, -0.2) is 4.79 Å². The van der Waals surface area contributed by atoms with Crippen LogP contribution in [0, 0.1) is 11.8 Å². The second kappa shape index (κ2) is 7.14. The average Bonchev–Trinajstić information content (AvgIpc) is 2.97. The molecule has 9 nitrogen and oxygen atoms in total. The molecule has 0 N–H and O–H groups in total. The van der Waals surface area contributed by atoms with Crippen molar-refractivity contribution >= 4 is 28.7 Å². The van der Waals surface area contributed by atoms with Gasteiger partial charge in [-0.3, -0.25) is 19.3 Å². The van der Waals surface area contributed by atoms with Gasteiger partial charge >= 0.3 is 5.97 Å². The highest BCUT2D eigenvalue weighted by molar-refractivity contribution is 6.07. The number of carbonyl (C=O) groups excluding carboxylic acids is 3. The van der Waals surface area contributed by atoms with Gasteiger partial charge in [-0.2, -0.15) is 4.68 Å². The molecule has 2 fully saturated rings. The normalized spacial score (nSPS) is 23.0. The highest BCUT2D eigenvalue weighted by Gasteiger charge is 2.51. The van der Waals surface area contributed by atoms with Gasteiger partial charge in [0.1, 0.15) is 11.6 Å². The number of esters is 1. The van der Waals surface area contributed by atoms with E-state index in [4.69, 9.17) is 4.74 Å². The van der Waals surface area contributed by atoms with Crippen molar-refractivity contribution < 1.29 is 19.1 Å². The third-order valence-electron chi connectivity index (χ3n) is 5.56. The molecule has 1 aliphatic carbocycles. The van der Waals surface area contributed by atoms with Crippen LogP contribution in [0.15, 0.2) is 29.1 Å². The first-order valence-corrected chi connectivity index (χ1v) is 9.35. The van der Waals surface area contributed by atoms with Crippen LogP contribution >= 0.6 is 0 Å². The predicted octanol–water partition coefficient (Wildman–Crippen LogP) is 0.856. The lowest BCUT2D eigenvalue weighted by atomic mass is 9.81. The van der Waals surface area contributed by atoms with E-state index in [9.17, 15) is 19.2 Å². The standard InChI is InChI=1S/C19H20N4O5/c1-11(23-17(25)12-6-2-3-7-13(12)18(23)26)19(27)28-10-22-16(24)14-8-4-5-9-15(14)20-21-22/h4-5,8-9,11-13H,2-3,6-7,10H2,1H3/t11-,12-,13-/m0/s1. The van der Waals surface area contributed by atoms with E-state index < -0.39 is 24.3 Å². The molecule has 0 radical (unpaired) electrons. The molecule has 1 aromatic heterocycles. The largest absolute Gasteiger partial charge is 0.441 e. The smallest absolute Gasteiger partial charge is 0.330 e. The number of benzene rings is 1. The van der Waals surface area contributed by atoms with Crippen LogP contribution < -0.4 is 5.56 Å². The Morgan fingerprint density at radius 3 is 2.46 bits per heavy atom. The molecule has 1 aromatic carbocycles. The number of ether oxygens (including phenoxy) is 1. The van der Waals surface area contributed by atoms with Gasteiger partial charge in [-0.15, -0.1) is 5.10 Å². The topological polar surface area (TPSA) is 111 Å². The van der Waals surface area contributed by atoms with Crippen LogP contribution in [0.2, 0.25) is 0 Å². The summed E-state index contributed by atoms with van der Waals surface area (Å²) in [4.78, 5) is 51.0. The fourth-order valence-corrected chi connectivity index (χ4v) is 4.03. The Morgan fingerprint density at radius 1 is 1.14 bits per heavy atom. The van der Waals surface area contributed by atoms with Gasteiger partial charge in [0.25, 0.3) is 5.56 Å². The Bertz CT molecular complexity index is 993. The summed E-state index contributed by atoms with van der Waals surface area (Å²) in [6.07, 6.45) is 3.18. The molecular weight excluding hydrogens is 364 g/mol. The number of carbonyl (C=O) groups is 3. The molecule has 2 heterocycles. The Kier molecular flexibility index (Phi) is 4.66. The third kappa shape index (κ3) is 2.96. The number of likely N-dealkylation sites (tertiary alicyclic amines) is 1. The van der Waals surface area contributed by atoms with Gasteiger partial charge in [-0.1, -0.05) is 30.2 Å². The minimum Gasteiger partial charge on any atom is -0.441 e. The highest BCUT2D eigenvalue weighted by Crippen LogP contribution is 2.38. The molecule has 0 bridgehead atoms. The number of hydrogen-bond donors (Lipinski definition) is 0. The Balaban J connectivity index is 1.47. The third-order valence-corrected chi connectivity index (χ3v) is 5.56. The highest BCUT2D eigenvalue weighted by atomic mass is 16.5. The van der Waals surface area contributed by atoms with Crippen LogP contribution in [0.25, 0.3) is 10.9 Å². The van der Waals surface area contributed by atoms with Crippen LogP contribution in [-0.4, -0.2) is 43.7 Å². The van der Waals surface area contributed by atoms with Crippen LogP contribution in [0.5, 0.6) is 0 Å². The lowest BCUT2D eigenvalue weighted by molar-refractivity contribution is -0.161. The zero-order chi connectivity index (χ0) is 19.8. The summed E-state index contributed by atoms with van der Waals surface area (Å²) in [5.74, 6) is -2.03. The second-order valence-electron chi connectivity index (χ2n) is 7.22. The molecule has 0 unspecified atom stereocenters. The summed E-state index contributed by atoms with van der Waals surface area (Å²) in [5.41, 5.74) is 0.00436. The van der Waals surface area contributed by atoms with Crippen molar-refractivity contribution in [1.29, 1.82) is 0 Å². The molecule has 4 rings (SSSR count). The summed E-state index contributed by atoms with van der Waals surface area (Å²) in [6, 6.07) is 5.66. The van der Waals surface area contributed by atoms with Gasteiger partial charge < -0.3 is 4.74 Å². The van der Waals surface area contributed by atoms with Gasteiger partial charge in [0, 0.05) is 0 Å². The zero-order valence-electron chi connectivity index (χ0n) is 15.4. The molecule has 3 atom stereocenters. The summed E-state index contributed by atoms with van der Waals surface area (Å²) in [5, 5.41) is 8.03. The van der Waals surface area contributed by atoms with E-state index in [0.717, 1.165) is 22.4 Å². The van der Waals surface area contributed by atoms with Crippen molar-refractivity contribution in [3.8, 4) is 0 Å². The summed E-state index contributed by atoms with van der Waals surface area (Å²) >= 11 is 0. The number of rotatable bonds is 4. The molecule has 2 aromatic rings. The van der Waals surface area contributed by atoms with Crippen molar-refractivity contribution in [3.05, 3.63) is 34.6 Å². The first-order chi connectivity index (χ1) is 13.5. The molecule has 28 heavy (non-hydrogen) atoms. The Hall–Kier alpha value is -3.10. The summed E-state index contributed by atoms with van der Waals surface area (Å²) in [7, 11) is 0. The van der Waals surface area contributed by atoms with Gasteiger partial charge in [0.2, 0.25) is 11.8 Å². The molecule has 1 saturated heterocycles. The number of fused-ring (bicyclic) bond motifs is 2. The summed E-state index contributed by atoms with van der Waals surface area (Å²) in [6.45, 7) is 1.02. The van der Waals surface area contributed by atoms with E-state index >= 15 is 0 Å². The number of hydrogen-bond acceptors (Lipinski definition) is 7. The monoisotopic (exact) mass is 384 g/mol. The van der Waals surface area contributed by atoms with Crippen molar-refractivity contribution in [1.82, 2.24) is 19.9 Å². The number of nitrogens with zero attached hydrogens (tertiary/aromatic N) is 4. The van der Waals surface area contributed by atoms with E-state index in [-0.39, 0.29) is 23.7 Å². The number of aromatic nitrogens is 3. The first-order valence-electron chi connectivity index (χ1n) is 9.35. The molecule has 9 heteroatoms. The van der Waals surface area contributed by atoms with E-state index in [0.29, 0.717) is 23.7 Å². The Morgan fingerprint density at radius 2 is 1.79 bits per heavy atom. The van der Waals surface area contributed by atoms with Gasteiger partial charge in [0.15, 0.2) is 6.73 Å². The molecule has 1 aliphatic heterocycles. The fraction of sp³-hybridized carbons (Fsp3) is 0.474. The Labute approximate surface area is 160 Å². The van der Waals surface area contributed by atoms with Crippen LogP contribution in [-0.2, 0) is 25.9 Å². The maximum absolute atomic E-state index is 12.6. The van der Waals surface area contributed by atoms with Crippen LogP contribution in [0.4, 0.5) is 0 Å². The fourth-order valence-electron chi connectivity index (χ4n) is 4.03. The van der Waals surface area contributed by atoms with E-state index in [1.165, 1.54) is 6.92 Å². The SMILES string of the molecule is C[C@@H](C(=O)OCn1nnc2ccccc2c1=O)N1C(=O)[C@H]2CCCC[C@@H]2C1=O. The van der Waals surface area contributed by atoms with Crippen LogP contribution in [0.3, 0.4) is 0 Å². The molecule has 146 valence electrons. The second-order valence-corrected chi connectivity index (χ2v) is 7.22. The molecule has 1 saturated carbocycles. The molecule has 0 spiro atoms. The van der Waals surface area contributed by atoms with Crippen molar-refractivity contribution in [2.45, 2.75) is 45.4 Å². The van der Waals surface area contributed by atoms with E-state index in [2.05, 4.69) is 10.3 Å². The average molecular weight is 384 g/mol. The lowest BCUT2D eigenvalue weighted by Crippen LogP contribution is -2.44. The molecule has 2 aliphatic rings. The molecular formula is C19H20N4O5. The van der Waals surface area contributed by atoms with Crippen molar-refractivity contribution in [3.63, 3.8) is 0 Å². The summed E-state index contributed by atoms with van der Waals surface area (Å²) < 4.78 is 6.09. The van der Waals surface area contributed by atoms with Crippen LogP contribution in [0.1, 0.15) is 32.6 Å². The minimum absolute atomic E-state index is 0.304. The molecule has 2 amide bonds. The van der Waals surface area contributed by atoms with E-state index in [1.54, 1.807) is 24.3 Å². The van der Waals surface area contributed by atoms with Crippen molar-refractivity contribution in [2.24, 2.45) is 11.8 Å². The van der Waals surface area contributed by atoms with Gasteiger partial charge in [0.05, 0.1) is 17.2 Å². The number of amides is 2. The first kappa shape index (κ1) is 18.3. The number of imide groups is 1. The zero-order valence-corrected chi connectivity index (χ0v) is 15.4. The maximum atomic E-state index is 12.6. The van der Waals surface area contributed by atoms with E-state index in [1.807, 2.05) is 0 Å². The quantitative estimate of drug-likeness (QED) is 0.567. The van der Waals surface area contributed by atoms with Gasteiger partial charge in [-0.05, 0) is 31.9 Å². The maximum Gasteiger partial charge on any atom is 0.330 e.